The van der Waals surface area contributed by atoms with Crippen LogP contribution in [0.4, 0.5) is 5.69 Å². The van der Waals surface area contributed by atoms with Gasteiger partial charge in [-0.3, -0.25) is 14.6 Å². The molecule has 2 aromatic heterocycles. The average molecular weight is 354 g/mol. The van der Waals surface area contributed by atoms with E-state index in [0.29, 0.717) is 5.69 Å². The Balaban J connectivity index is 1.82. The number of nitrogens with one attached hydrogen (secondary N) is 2. The molecule has 0 aliphatic heterocycles. The molecule has 138 valence electrons. The summed E-state index contributed by atoms with van der Waals surface area (Å²) in [6.07, 6.45) is 6.11. The van der Waals surface area contributed by atoms with Gasteiger partial charge in [0.1, 0.15) is 5.56 Å². The smallest absolute Gasteiger partial charge is 0.261 e. The summed E-state index contributed by atoms with van der Waals surface area (Å²) in [6, 6.07) is 3.62. The Morgan fingerprint density at radius 2 is 2.08 bits per heavy atom. The third-order valence-corrected chi connectivity index (χ3v) is 4.74. The molecule has 0 fully saturated rings. The molecule has 2 N–H and O–H groups in total. The number of anilines is 1. The second-order valence-corrected chi connectivity index (χ2v) is 8.13. The van der Waals surface area contributed by atoms with Crippen molar-refractivity contribution >= 4 is 11.6 Å². The van der Waals surface area contributed by atoms with Crippen LogP contribution in [0.5, 0.6) is 0 Å². The lowest BCUT2D eigenvalue weighted by Gasteiger charge is -2.30. The van der Waals surface area contributed by atoms with Crippen LogP contribution >= 0.6 is 0 Å². The molecule has 0 saturated carbocycles. The summed E-state index contributed by atoms with van der Waals surface area (Å²) < 4.78 is 0. The molecule has 1 aliphatic carbocycles. The fraction of sp³-hybridized carbons (Fsp3) is 0.450. The number of H-pyrrole nitrogens is 1. The average Bonchev–Trinajstić information content (AvgIpc) is 2.53. The van der Waals surface area contributed by atoms with Crippen LogP contribution < -0.4 is 10.9 Å². The van der Waals surface area contributed by atoms with Gasteiger partial charge in [0.15, 0.2) is 0 Å². The van der Waals surface area contributed by atoms with E-state index < -0.39 is 5.91 Å². The van der Waals surface area contributed by atoms with Crippen LogP contribution in [0.1, 0.15) is 47.4 Å². The van der Waals surface area contributed by atoms with Gasteiger partial charge in [-0.1, -0.05) is 13.8 Å². The summed E-state index contributed by atoms with van der Waals surface area (Å²) >= 11 is 0. The van der Waals surface area contributed by atoms with E-state index in [9.17, 15) is 9.59 Å². The summed E-state index contributed by atoms with van der Waals surface area (Å²) in [5, 5.41) is 2.80. The van der Waals surface area contributed by atoms with Gasteiger partial charge in [-0.2, -0.15) is 0 Å². The number of pyridine rings is 2. The molecule has 26 heavy (non-hydrogen) atoms. The third kappa shape index (κ3) is 4.19. The van der Waals surface area contributed by atoms with Crippen molar-refractivity contribution < 1.29 is 4.79 Å². The first-order chi connectivity index (χ1) is 12.2. The molecule has 0 spiro atoms. The monoisotopic (exact) mass is 354 g/mol. The van der Waals surface area contributed by atoms with Gasteiger partial charge in [-0.25, -0.2) is 0 Å². The summed E-state index contributed by atoms with van der Waals surface area (Å²) in [4.78, 5) is 34.1. The van der Waals surface area contributed by atoms with Crippen LogP contribution in [0.15, 0.2) is 29.3 Å². The van der Waals surface area contributed by atoms with Crippen molar-refractivity contribution in [2.45, 2.75) is 39.7 Å². The van der Waals surface area contributed by atoms with Crippen LogP contribution in [0.3, 0.4) is 0 Å². The highest BCUT2D eigenvalue weighted by Gasteiger charge is 2.27. The van der Waals surface area contributed by atoms with Gasteiger partial charge < -0.3 is 15.2 Å². The summed E-state index contributed by atoms with van der Waals surface area (Å²) in [6.45, 7) is 5.12. The Morgan fingerprint density at radius 3 is 2.81 bits per heavy atom. The Bertz CT molecular complexity index is 884. The first-order valence-electron chi connectivity index (χ1n) is 8.89. The van der Waals surface area contributed by atoms with E-state index in [1.165, 1.54) is 0 Å². The van der Waals surface area contributed by atoms with E-state index in [1.807, 2.05) is 25.1 Å². The number of rotatable bonds is 4. The molecule has 0 aromatic carbocycles. The van der Waals surface area contributed by atoms with Crippen molar-refractivity contribution in [3.8, 4) is 0 Å². The number of aromatic nitrogens is 2. The minimum Gasteiger partial charge on any atom is -0.325 e. The van der Waals surface area contributed by atoms with Crippen molar-refractivity contribution in [1.29, 1.82) is 0 Å². The second kappa shape index (κ2) is 7.03. The topological polar surface area (TPSA) is 78.1 Å². The Kier molecular flexibility index (Phi) is 4.96. The van der Waals surface area contributed by atoms with Crippen molar-refractivity contribution in [3.63, 3.8) is 0 Å². The molecule has 3 rings (SSSR count). The standard InChI is InChI=1S/C20H26N4O2/c1-20(2)6-5-14-8-16(19(26)23-17(14)9-20)18(25)22-15-7-13(10-21-11-15)12-24(3)4/h7-8,10-11H,5-6,9,12H2,1-4H3,(H,22,25)(H,23,26). The Morgan fingerprint density at radius 1 is 1.31 bits per heavy atom. The van der Waals surface area contributed by atoms with Gasteiger partial charge in [0.05, 0.1) is 11.9 Å². The lowest BCUT2D eigenvalue weighted by atomic mass is 9.76. The van der Waals surface area contributed by atoms with Crippen LogP contribution in [0, 0.1) is 5.41 Å². The third-order valence-electron chi connectivity index (χ3n) is 4.74. The van der Waals surface area contributed by atoms with Crippen LogP contribution in [-0.2, 0) is 19.4 Å². The summed E-state index contributed by atoms with van der Waals surface area (Å²) in [5.41, 5.74) is 3.60. The Labute approximate surface area is 153 Å². The number of hydrogen-bond acceptors (Lipinski definition) is 4. The first-order valence-corrected chi connectivity index (χ1v) is 8.89. The molecular formula is C20H26N4O2. The number of amides is 1. The number of nitrogens with zero attached hydrogens (tertiary/aromatic N) is 2. The van der Waals surface area contributed by atoms with Crippen molar-refractivity contribution in [2.75, 3.05) is 19.4 Å². The fourth-order valence-corrected chi connectivity index (χ4v) is 3.41. The molecule has 1 aliphatic rings. The van der Waals surface area contributed by atoms with Crippen LogP contribution in [0.2, 0.25) is 0 Å². The number of aromatic amines is 1. The zero-order valence-electron chi connectivity index (χ0n) is 15.8. The normalized spacial score (nSPS) is 15.6. The van der Waals surface area contributed by atoms with E-state index in [2.05, 4.69) is 29.1 Å². The molecule has 0 bridgehead atoms. The summed E-state index contributed by atoms with van der Waals surface area (Å²) in [7, 11) is 3.94. The predicted octanol–water partition coefficient (Wildman–Crippen LogP) is 2.60. The van der Waals surface area contributed by atoms with Gasteiger partial charge in [0, 0.05) is 18.4 Å². The van der Waals surface area contributed by atoms with Crippen molar-refractivity contribution in [1.82, 2.24) is 14.9 Å². The molecule has 0 unspecified atom stereocenters. The van der Waals surface area contributed by atoms with Gasteiger partial charge in [0.2, 0.25) is 0 Å². The highest BCUT2D eigenvalue weighted by atomic mass is 16.2. The maximum absolute atomic E-state index is 12.6. The SMILES string of the molecule is CN(C)Cc1cncc(NC(=O)c2cc3c([nH]c2=O)CC(C)(C)CC3)c1. The van der Waals surface area contributed by atoms with Crippen LogP contribution in [0.25, 0.3) is 0 Å². The van der Waals surface area contributed by atoms with Crippen molar-refractivity contribution in [2.24, 2.45) is 5.41 Å². The molecular weight excluding hydrogens is 328 g/mol. The molecule has 1 amide bonds. The molecule has 0 saturated heterocycles. The maximum atomic E-state index is 12.6. The molecule has 6 heteroatoms. The van der Waals surface area contributed by atoms with Gasteiger partial charge in [-0.05, 0) is 62.0 Å². The lowest BCUT2D eigenvalue weighted by Crippen LogP contribution is -2.30. The number of hydrogen-bond donors (Lipinski definition) is 2. The van der Waals surface area contributed by atoms with Gasteiger partial charge in [0.25, 0.3) is 11.5 Å². The highest BCUT2D eigenvalue weighted by molar-refractivity contribution is 6.04. The highest BCUT2D eigenvalue weighted by Crippen LogP contribution is 2.33. The van der Waals surface area contributed by atoms with Gasteiger partial charge >= 0.3 is 0 Å². The molecule has 6 nitrogen and oxygen atoms in total. The molecule has 0 atom stereocenters. The van der Waals surface area contributed by atoms with E-state index >= 15 is 0 Å². The van der Waals surface area contributed by atoms with E-state index in [4.69, 9.17) is 0 Å². The zero-order valence-corrected chi connectivity index (χ0v) is 15.8. The van der Waals surface area contributed by atoms with Gasteiger partial charge in [-0.15, -0.1) is 0 Å². The molecule has 2 aromatic rings. The van der Waals surface area contributed by atoms with Crippen molar-refractivity contribution in [3.05, 3.63) is 57.3 Å². The first kappa shape index (κ1) is 18.3. The van der Waals surface area contributed by atoms with E-state index in [1.54, 1.807) is 18.5 Å². The lowest BCUT2D eigenvalue weighted by molar-refractivity contribution is 0.102. The number of aryl methyl sites for hydroxylation is 1. The predicted molar refractivity (Wildman–Crippen MR) is 102 cm³/mol. The number of carbonyl (C=O) groups is 1. The number of carbonyl (C=O) groups excluding carboxylic acids is 1. The van der Waals surface area contributed by atoms with Crippen LogP contribution in [-0.4, -0.2) is 34.9 Å². The molecule has 0 radical (unpaired) electrons. The largest absolute Gasteiger partial charge is 0.325 e. The minimum absolute atomic E-state index is 0.154. The fourth-order valence-electron chi connectivity index (χ4n) is 3.41. The summed E-state index contributed by atoms with van der Waals surface area (Å²) in [5.74, 6) is -0.400. The maximum Gasteiger partial charge on any atom is 0.261 e. The minimum atomic E-state index is -0.400. The Hall–Kier alpha value is -2.47. The quantitative estimate of drug-likeness (QED) is 0.885. The zero-order chi connectivity index (χ0) is 18.9. The second-order valence-electron chi connectivity index (χ2n) is 8.13. The van der Waals surface area contributed by atoms with E-state index in [0.717, 1.165) is 42.6 Å². The molecule has 2 heterocycles. The van der Waals surface area contributed by atoms with E-state index in [-0.39, 0.29) is 16.5 Å². The number of fused-ring (bicyclic) bond motifs is 1.